The highest BCUT2D eigenvalue weighted by atomic mass is 32.2. The summed E-state index contributed by atoms with van der Waals surface area (Å²) in [5, 5.41) is 36.0. The summed E-state index contributed by atoms with van der Waals surface area (Å²) in [6, 6.07) is 24.2. The molecule has 1 fully saturated rings. The van der Waals surface area contributed by atoms with Gasteiger partial charge in [0.2, 0.25) is 0 Å². The number of aliphatic carboxylic acids is 2. The van der Waals surface area contributed by atoms with Gasteiger partial charge in [0.05, 0.1) is 30.6 Å². The Labute approximate surface area is 219 Å². The molecule has 4 rings (SSSR count). The van der Waals surface area contributed by atoms with Gasteiger partial charge >= 0.3 is 11.9 Å². The number of aliphatic hydroxyl groups excluding tert-OH is 1. The van der Waals surface area contributed by atoms with E-state index in [-0.39, 0.29) is 0 Å². The molecule has 0 bridgehead atoms. The van der Waals surface area contributed by atoms with Crippen molar-refractivity contribution in [2.24, 2.45) is 0 Å². The van der Waals surface area contributed by atoms with Crippen molar-refractivity contribution in [1.82, 2.24) is 9.88 Å². The van der Waals surface area contributed by atoms with Gasteiger partial charge in [-0.1, -0.05) is 60.7 Å². The SMILES string of the molecule is N#Cc1c(-c2ccccc2)cc(-c2ccccc2)nc1SCC(O)CN1CCOCC1.O=C(O)C(=O)O. The van der Waals surface area contributed by atoms with E-state index < -0.39 is 18.0 Å². The summed E-state index contributed by atoms with van der Waals surface area (Å²) in [6.45, 7) is 3.69. The second-order valence-corrected chi connectivity index (χ2v) is 9.08. The number of β-amino-alcohol motifs (C(OH)–C–C–N with tert-alkyl or cyclic N) is 1. The van der Waals surface area contributed by atoms with E-state index in [2.05, 4.69) is 11.0 Å². The smallest absolute Gasteiger partial charge is 0.414 e. The third-order valence-electron chi connectivity index (χ3n) is 5.42. The number of hydrogen-bond donors (Lipinski definition) is 3. The molecule has 2 heterocycles. The second-order valence-electron chi connectivity index (χ2n) is 8.07. The largest absolute Gasteiger partial charge is 0.473 e. The Hall–Kier alpha value is -3.75. The predicted octanol–water partition coefficient (Wildman–Crippen LogP) is 3.23. The molecule has 3 N–H and O–H groups in total. The molecule has 0 spiro atoms. The Kier molecular flexibility index (Phi) is 10.6. The van der Waals surface area contributed by atoms with E-state index in [0.29, 0.717) is 36.1 Å². The topological polar surface area (TPSA) is 144 Å². The number of benzene rings is 2. The fraction of sp³-hybridized carbons (Fsp3) is 0.259. The Morgan fingerprint density at radius 3 is 2.11 bits per heavy atom. The van der Waals surface area contributed by atoms with Gasteiger partial charge in [0.15, 0.2) is 0 Å². The molecule has 1 atom stereocenters. The zero-order chi connectivity index (χ0) is 26.6. The van der Waals surface area contributed by atoms with Crippen molar-refractivity contribution in [3.8, 4) is 28.5 Å². The van der Waals surface area contributed by atoms with E-state index in [0.717, 1.165) is 35.5 Å². The number of rotatable bonds is 7. The molecular formula is C27H27N3O6S. The highest BCUT2D eigenvalue weighted by molar-refractivity contribution is 7.99. The normalized spacial score (nSPS) is 14.1. The predicted molar refractivity (Wildman–Crippen MR) is 139 cm³/mol. The minimum absolute atomic E-state index is 0.478. The third-order valence-corrected chi connectivity index (χ3v) is 6.54. The quantitative estimate of drug-likeness (QED) is 0.313. The Morgan fingerprint density at radius 1 is 1.00 bits per heavy atom. The van der Waals surface area contributed by atoms with Gasteiger partial charge in [-0.2, -0.15) is 5.26 Å². The number of aliphatic hydroxyl groups is 1. The van der Waals surface area contributed by atoms with E-state index in [4.69, 9.17) is 29.5 Å². The number of morpholine rings is 1. The highest BCUT2D eigenvalue weighted by Crippen LogP contribution is 2.34. The second kappa shape index (κ2) is 14.1. The summed E-state index contributed by atoms with van der Waals surface area (Å²) in [4.78, 5) is 25.2. The number of thioether (sulfide) groups is 1. The molecule has 10 heteroatoms. The number of carboxylic acids is 2. The molecule has 37 heavy (non-hydrogen) atoms. The first-order valence-corrected chi connectivity index (χ1v) is 12.5. The molecule has 3 aromatic rings. The lowest BCUT2D eigenvalue weighted by atomic mass is 9.99. The molecule has 1 unspecified atom stereocenters. The van der Waals surface area contributed by atoms with E-state index in [9.17, 15) is 10.4 Å². The van der Waals surface area contributed by atoms with Crippen molar-refractivity contribution in [2.75, 3.05) is 38.6 Å². The molecule has 192 valence electrons. The molecule has 9 nitrogen and oxygen atoms in total. The van der Waals surface area contributed by atoms with Gasteiger partial charge in [-0.25, -0.2) is 14.6 Å². The maximum Gasteiger partial charge on any atom is 0.414 e. The molecule has 1 aliphatic heterocycles. The lowest BCUT2D eigenvalue weighted by Crippen LogP contribution is -2.41. The van der Waals surface area contributed by atoms with Crippen LogP contribution in [0.1, 0.15) is 5.56 Å². The molecule has 0 saturated carbocycles. The molecule has 0 amide bonds. The van der Waals surface area contributed by atoms with Gasteiger partial charge in [0, 0.05) is 36.5 Å². The minimum atomic E-state index is -1.82. The van der Waals surface area contributed by atoms with E-state index in [1.165, 1.54) is 11.8 Å². The average molecular weight is 522 g/mol. The summed E-state index contributed by atoms with van der Waals surface area (Å²) >= 11 is 1.44. The monoisotopic (exact) mass is 521 g/mol. The Balaban J connectivity index is 0.000000568. The molecule has 2 aromatic carbocycles. The van der Waals surface area contributed by atoms with Crippen LogP contribution in [0.3, 0.4) is 0 Å². The van der Waals surface area contributed by atoms with Crippen LogP contribution in [0.25, 0.3) is 22.4 Å². The van der Waals surface area contributed by atoms with Crippen molar-refractivity contribution in [3.05, 3.63) is 72.3 Å². The zero-order valence-corrected chi connectivity index (χ0v) is 20.8. The number of carbonyl (C=O) groups is 2. The van der Waals surface area contributed by atoms with Crippen LogP contribution in [-0.4, -0.2) is 81.8 Å². The molecule has 1 aromatic heterocycles. The van der Waals surface area contributed by atoms with Crippen molar-refractivity contribution in [1.29, 1.82) is 5.26 Å². The van der Waals surface area contributed by atoms with Crippen LogP contribution in [0.2, 0.25) is 0 Å². The van der Waals surface area contributed by atoms with Crippen LogP contribution in [0, 0.1) is 11.3 Å². The van der Waals surface area contributed by atoms with Gasteiger partial charge < -0.3 is 20.1 Å². The summed E-state index contributed by atoms with van der Waals surface area (Å²) in [7, 11) is 0. The van der Waals surface area contributed by atoms with Crippen molar-refractivity contribution in [2.45, 2.75) is 11.1 Å². The lowest BCUT2D eigenvalue weighted by molar-refractivity contribution is -0.159. The van der Waals surface area contributed by atoms with Gasteiger partial charge in [-0.3, -0.25) is 4.90 Å². The van der Waals surface area contributed by atoms with Crippen molar-refractivity contribution in [3.63, 3.8) is 0 Å². The molecule has 0 radical (unpaired) electrons. The van der Waals surface area contributed by atoms with Crippen LogP contribution in [0.5, 0.6) is 0 Å². The van der Waals surface area contributed by atoms with E-state index >= 15 is 0 Å². The molecular weight excluding hydrogens is 494 g/mol. The number of pyridine rings is 1. The molecule has 0 aliphatic carbocycles. The third kappa shape index (κ3) is 8.41. The first-order valence-electron chi connectivity index (χ1n) is 11.5. The van der Waals surface area contributed by atoms with E-state index in [1.54, 1.807) is 0 Å². The maximum absolute atomic E-state index is 10.6. The lowest BCUT2D eigenvalue weighted by Gasteiger charge is -2.28. The van der Waals surface area contributed by atoms with Gasteiger partial charge in [-0.05, 0) is 11.6 Å². The van der Waals surface area contributed by atoms with Gasteiger partial charge in [-0.15, -0.1) is 11.8 Å². The number of aromatic nitrogens is 1. The molecule has 1 aliphatic rings. The first-order chi connectivity index (χ1) is 17.9. The maximum atomic E-state index is 10.6. The number of carboxylic acid groups (broad SMARTS) is 2. The van der Waals surface area contributed by atoms with Crippen LogP contribution >= 0.6 is 11.8 Å². The van der Waals surface area contributed by atoms with Crippen LogP contribution in [-0.2, 0) is 14.3 Å². The first kappa shape index (κ1) is 27.8. The van der Waals surface area contributed by atoms with Crippen LogP contribution < -0.4 is 0 Å². The van der Waals surface area contributed by atoms with Gasteiger partial charge in [0.1, 0.15) is 11.1 Å². The number of ether oxygens (including phenoxy) is 1. The summed E-state index contributed by atoms with van der Waals surface area (Å²) in [6.07, 6.45) is -0.503. The fourth-order valence-corrected chi connectivity index (χ4v) is 4.56. The standard InChI is InChI=1S/C25H25N3O2S.C2H2O4/c26-16-23-22(19-7-3-1-4-8-19)15-24(20-9-5-2-6-10-20)27-25(23)31-18-21(29)17-28-11-13-30-14-12-28;3-1(4)2(5)6/h1-10,15,21,29H,11-14,17-18H2;(H,3,4)(H,5,6). The fourth-order valence-electron chi connectivity index (χ4n) is 3.65. The zero-order valence-electron chi connectivity index (χ0n) is 20.0. The van der Waals surface area contributed by atoms with Crippen molar-refractivity contribution >= 4 is 23.7 Å². The van der Waals surface area contributed by atoms with Crippen LogP contribution in [0.4, 0.5) is 0 Å². The highest BCUT2D eigenvalue weighted by Gasteiger charge is 2.19. The van der Waals surface area contributed by atoms with E-state index in [1.807, 2.05) is 66.7 Å². The summed E-state index contributed by atoms with van der Waals surface area (Å²) in [5.41, 5.74) is 4.22. The average Bonchev–Trinajstić information content (AvgIpc) is 2.93. The molecule has 1 saturated heterocycles. The number of hydrogen-bond acceptors (Lipinski definition) is 8. The summed E-state index contributed by atoms with van der Waals surface area (Å²) < 4.78 is 5.38. The van der Waals surface area contributed by atoms with Gasteiger partial charge in [0.25, 0.3) is 0 Å². The minimum Gasteiger partial charge on any atom is -0.473 e. The van der Waals surface area contributed by atoms with Crippen molar-refractivity contribution < 1.29 is 29.6 Å². The van der Waals surface area contributed by atoms with Crippen LogP contribution in [0.15, 0.2) is 71.8 Å². The number of nitriles is 1. The Morgan fingerprint density at radius 2 is 1.57 bits per heavy atom. The number of nitrogens with zero attached hydrogens (tertiary/aromatic N) is 3. The summed E-state index contributed by atoms with van der Waals surface area (Å²) in [5.74, 6) is -3.17. The Bertz CT molecular complexity index is 1220.